The van der Waals surface area contributed by atoms with Crippen LogP contribution in [0.15, 0.2) is 47.1 Å². The molecule has 2 rings (SSSR count). The Morgan fingerprint density at radius 3 is 2.46 bits per heavy atom. The minimum absolute atomic E-state index is 0.195. The summed E-state index contributed by atoms with van der Waals surface area (Å²) >= 11 is 0.447. The Morgan fingerprint density at radius 2 is 2.00 bits per heavy atom. The molecule has 0 radical (unpaired) electrons. The van der Waals surface area contributed by atoms with Crippen molar-refractivity contribution in [3.05, 3.63) is 47.4 Å². The van der Waals surface area contributed by atoms with Crippen molar-refractivity contribution in [2.45, 2.75) is 24.4 Å². The minimum Gasteiger partial charge on any atom is -0.479 e. The van der Waals surface area contributed by atoms with Crippen molar-refractivity contribution < 1.29 is 24.6 Å². The minimum atomic E-state index is -1.35. The first-order chi connectivity index (χ1) is 12.3. The van der Waals surface area contributed by atoms with Crippen LogP contribution in [-0.2, 0) is 14.4 Å². The predicted octanol–water partition coefficient (Wildman–Crippen LogP) is 0.993. The molecular formula is C16H17N3O6S. The number of carboxylic acid groups (broad SMARTS) is 1. The molecular weight excluding hydrogens is 362 g/mol. The zero-order valence-corrected chi connectivity index (χ0v) is 14.6. The SMILES string of the molecule is C=C(C)C(C(=O)O)N1C(=O)C(N(C(=O)CO)c2ccccc2)C1SN=O. The molecule has 9 nitrogen and oxygen atoms in total. The Labute approximate surface area is 153 Å². The Bertz CT molecular complexity index is 727. The highest BCUT2D eigenvalue weighted by atomic mass is 32.2. The Balaban J connectivity index is 2.45. The number of rotatable bonds is 8. The van der Waals surface area contributed by atoms with Crippen molar-refractivity contribution in [2.75, 3.05) is 11.5 Å². The van der Waals surface area contributed by atoms with Crippen molar-refractivity contribution >= 4 is 35.4 Å². The monoisotopic (exact) mass is 379 g/mol. The summed E-state index contributed by atoms with van der Waals surface area (Å²) in [5, 5.41) is 17.6. The highest BCUT2D eigenvalue weighted by Crippen LogP contribution is 2.39. The molecule has 1 aliphatic rings. The number of hydrogen-bond donors (Lipinski definition) is 2. The summed E-state index contributed by atoms with van der Waals surface area (Å²) in [5.74, 6) is -2.74. The third-order valence-electron chi connectivity index (χ3n) is 3.90. The van der Waals surface area contributed by atoms with Crippen LogP contribution in [0, 0.1) is 4.91 Å². The maximum atomic E-state index is 12.7. The van der Waals surface area contributed by atoms with Gasteiger partial charge in [0, 0.05) is 22.2 Å². The van der Waals surface area contributed by atoms with Crippen molar-refractivity contribution in [3.63, 3.8) is 0 Å². The number of aliphatic carboxylic acids is 1. The fourth-order valence-corrected chi connectivity index (χ4v) is 3.60. The number of β-lactam (4-membered cyclic amide) rings is 1. The molecule has 3 atom stereocenters. The number of aliphatic hydroxyl groups excluding tert-OH is 1. The summed E-state index contributed by atoms with van der Waals surface area (Å²) in [4.78, 5) is 49.3. The van der Waals surface area contributed by atoms with E-state index in [2.05, 4.69) is 11.2 Å². The van der Waals surface area contributed by atoms with Gasteiger partial charge in [-0.15, -0.1) is 4.91 Å². The van der Waals surface area contributed by atoms with Gasteiger partial charge >= 0.3 is 5.97 Å². The number of hydrogen-bond acceptors (Lipinski definition) is 7. The molecule has 3 unspecified atom stereocenters. The zero-order chi connectivity index (χ0) is 19.4. The Hall–Kier alpha value is -2.72. The normalized spacial score (nSPS) is 20.1. The molecule has 0 saturated carbocycles. The van der Waals surface area contributed by atoms with Crippen LogP contribution in [0.3, 0.4) is 0 Å². The number of likely N-dealkylation sites (tertiary alicyclic amines) is 1. The third-order valence-corrected chi connectivity index (χ3v) is 4.69. The lowest BCUT2D eigenvalue weighted by atomic mass is 9.97. The van der Waals surface area contributed by atoms with Crippen LogP contribution >= 0.6 is 11.9 Å². The average molecular weight is 379 g/mol. The van der Waals surface area contributed by atoms with Gasteiger partial charge in [-0.25, -0.2) is 4.79 Å². The van der Waals surface area contributed by atoms with Crippen molar-refractivity contribution in [1.82, 2.24) is 4.90 Å². The standard InChI is InChI=1S/C16H17N3O6S/c1-9(2)12(16(23)24)19-14(22)13(15(19)26-17-25)18(11(21)8-20)10-6-4-3-5-7-10/h3-7,12-13,15,20H,1,8H2,2H3,(H,23,24). The van der Waals surface area contributed by atoms with Crippen LogP contribution in [0.4, 0.5) is 5.69 Å². The summed E-state index contributed by atoms with van der Waals surface area (Å²) < 4.78 is 2.70. The van der Waals surface area contributed by atoms with Crippen LogP contribution in [0.1, 0.15) is 6.92 Å². The summed E-state index contributed by atoms with van der Waals surface area (Å²) in [7, 11) is 0. The number of carboxylic acids is 1. The van der Waals surface area contributed by atoms with Crippen LogP contribution in [0.2, 0.25) is 0 Å². The molecule has 10 heteroatoms. The second-order valence-corrected chi connectivity index (χ2v) is 6.45. The summed E-state index contributed by atoms with van der Waals surface area (Å²) in [6.45, 7) is 4.17. The van der Waals surface area contributed by atoms with Crippen molar-refractivity contribution in [2.24, 2.45) is 4.58 Å². The maximum Gasteiger partial charge on any atom is 0.330 e. The highest BCUT2D eigenvalue weighted by Gasteiger charge is 2.57. The van der Waals surface area contributed by atoms with Gasteiger partial charge in [-0.2, -0.15) is 0 Å². The number of para-hydroxylation sites is 1. The van der Waals surface area contributed by atoms with Crippen LogP contribution in [0.25, 0.3) is 0 Å². The second kappa shape index (κ2) is 8.11. The summed E-state index contributed by atoms with van der Waals surface area (Å²) in [6.07, 6.45) is 0. The van der Waals surface area contributed by atoms with Gasteiger partial charge in [0.15, 0.2) is 6.04 Å². The topological polar surface area (TPSA) is 128 Å². The molecule has 1 aromatic rings. The molecule has 138 valence electrons. The van der Waals surface area contributed by atoms with Crippen LogP contribution < -0.4 is 4.90 Å². The number of carbonyl (C=O) groups excluding carboxylic acids is 2. The second-order valence-electron chi connectivity index (χ2n) is 5.61. The van der Waals surface area contributed by atoms with Gasteiger partial charge in [-0.3, -0.25) is 14.5 Å². The molecule has 1 saturated heterocycles. The summed E-state index contributed by atoms with van der Waals surface area (Å²) in [5.41, 5.74) is 0.531. The lowest BCUT2D eigenvalue weighted by molar-refractivity contribution is -0.158. The van der Waals surface area contributed by atoms with E-state index in [1.807, 2.05) is 0 Å². The number of anilines is 1. The summed E-state index contributed by atoms with van der Waals surface area (Å²) in [6, 6.07) is 5.60. The molecule has 0 aliphatic carbocycles. The first kappa shape index (κ1) is 19.6. The smallest absolute Gasteiger partial charge is 0.330 e. The number of nitrogens with zero attached hydrogens (tertiary/aromatic N) is 3. The first-order valence-electron chi connectivity index (χ1n) is 7.52. The molecule has 1 aromatic carbocycles. The molecule has 0 aromatic heterocycles. The molecule has 26 heavy (non-hydrogen) atoms. The van der Waals surface area contributed by atoms with Crippen LogP contribution in [-0.4, -0.2) is 57.0 Å². The Kier molecular flexibility index (Phi) is 6.11. The molecule has 0 bridgehead atoms. The van der Waals surface area contributed by atoms with Gasteiger partial charge in [-0.05, 0) is 24.6 Å². The molecule has 1 fully saturated rings. The fraction of sp³-hybridized carbons (Fsp3) is 0.312. The van der Waals surface area contributed by atoms with E-state index in [1.54, 1.807) is 30.3 Å². The van der Waals surface area contributed by atoms with Gasteiger partial charge in [0.05, 0.1) is 0 Å². The molecule has 2 N–H and O–H groups in total. The fourth-order valence-electron chi connectivity index (χ4n) is 2.83. The zero-order valence-electron chi connectivity index (χ0n) is 13.8. The highest BCUT2D eigenvalue weighted by molar-refractivity contribution is 7.98. The average Bonchev–Trinajstić information content (AvgIpc) is 2.62. The van der Waals surface area contributed by atoms with Gasteiger partial charge in [0.2, 0.25) is 0 Å². The number of aliphatic hydroxyl groups is 1. The van der Waals surface area contributed by atoms with E-state index >= 15 is 0 Å². The van der Waals surface area contributed by atoms with E-state index in [4.69, 9.17) is 0 Å². The lowest BCUT2D eigenvalue weighted by Crippen LogP contribution is -2.74. The largest absolute Gasteiger partial charge is 0.479 e. The van der Waals surface area contributed by atoms with Crippen LogP contribution in [0.5, 0.6) is 0 Å². The quantitative estimate of drug-likeness (QED) is 0.298. The lowest BCUT2D eigenvalue weighted by Gasteiger charge is -2.51. The van der Waals surface area contributed by atoms with E-state index in [1.165, 1.54) is 6.92 Å². The van der Waals surface area contributed by atoms with E-state index < -0.39 is 41.8 Å². The number of benzene rings is 1. The van der Waals surface area contributed by atoms with Crippen molar-refractivity contribution in [3.8, 4) is 0 Å². The molecule has 0 spiro atoms. The first-order valence-corrected chi connectivity index (χ1v) is 8.35. The predicted molar refractivity (Wildman–Crippen MR) is 95.1 cm³/mol. The molecule has 2 amide bonds. The van der Waals surface area contributed by atoms with Gasteiger partial charge < -0.3 is 15.1 Å². The molecule has 1 heterocycles. The van der Waals surface area contributed by atoms with E-state index in [0.29, 0.717) is 17.6 Å². The number of amides is 2. The van der Waals surface area contributed by atoms with Gasteiger partial charge in [0.25, 0.3) is 11.8 Å². The Morgan fingerprint density at radius 1 is 1.38 bits per heavy atom. The number of carbonyl (C=O) groups is 3. The molecule has 1 aliphatic heterocycles. The van der Waals surface area contributed by atoms with Gasteiger partial charge in [0.1, 0.15) is 18.0 Å². The van der Waals surface area contributed by atoms with Gasteiger partial charge in [-0.1, -0.05) is 24.8 Å². The van der Waals surface area contributed by atoms with E-state index in [9.17, 15) is 29.5 Å². The van der Waals surface area contributed by atoms with Crippen molar-refractivity contribution in [1.29, 1.82) is 0 Å². The number of nitroso groups, excluding NO2 is 1. The van der Waals surface area contributed by atoms with E-state index in [0.717, 1.165) is 9.80 Å². The third kappa shape index (κ3) is 3.46. The van der Waals surface area contributed by atoms with E-state index in [-0.39, 0.29) is 5.57 Å². The maximum absolute atomic E-state index is 12.7.